The summed E-state index contributed by atoms with van der Waals surface area (Å²) in [7, 11) is 0. The van der Waals surface area contributed by atoms with E-state index in [1.165, 1.54) is 0 Å². The molecule has 0 radical (unpaired) electrons. The van der Waals surface area contributed by atoms with Gasteiger partial charge in [-0.2, -0.15) is 43.9 Å². The highest BCUT2D eigenvalue weighted by atomic mass is 19.4. The van der Waals surface area contributed by atoms with Gasteiger partial charge in [0.1, 0.15) is 0 Å². The van der Waals surface area contributed by atoms with Gasteiger partial charge in [0.05, 0.1) is 12.7 Å². The molecule has 0 aliphatic heterocycles. The molecule has 0 aromatic carbocycles. The molecule has 0 aliphatic rings. The fourth-order valence-corrected chi connectivity index (χ4v) is 3.00. The number of carbonyl (C=O) groups excluding carboxylic acids is 4. The van der Waals surface area contributed by atoms with E-state index in [1.54, 1.807) is 0 Å². The molecule has 22 heteroatoms. The first kappa shape index (κ1) is 45.0. The molecule has 3 atom stereocenters. The number of rotatable bonds is 18. The van der Waals surface area contributed by atoms with Gasteiger partial charge in [-0.25, -0.2) is 19.2 Å². The average Bonchev–Trinajstić information content (AvgIpc) is 2.93. The van der Waals surface area contributed by atoms with Crippen LogP contribution in [0.25, 0.3) is 0 Å². The Hall–Kier alpha value is -4.02. The smallest absolute Gasteiger partial charge is 0.445 e. The van der Waals surface area contributed by atoms with Crippen molar-refractivity contribution in [3.8, 4) is 0 Å². The van der Waals surface area contributed by atoms with Gasteiger partial charge in [-0.15, -0.1) is 0 Å². The zero-order valence-corrected chi connectivity index (χ0v) is 25.7. The number of esters is 4. The van der Waals surface area contributed by atoms with Crippen molar-refractivity contribution in [1.29, 1.82) is 0 Å². The van der Waals surface area contributed by atoms with Crippen LogP contribution in [0.3, 0.4) is 0 Å². The Morgan fingerprint density at radius 3 is 1.29 bits per heavy atom. The first-order chi connectivity index (χ1) is 21.6. The lowest BCUT2D eigenvalue weighted by molar-refractivity contribution is -0.484. The first-order valence-electron chi connectivity index (χ1n) is 12.8. The molecule has 3 unspecified atom stereocenters. The molecule has 280 valence electrons. The topological polar surface area (TPSA) is 186 Å². The van der Waals surface area contributed by atoms with Crippen molar-refractivity contribution in [2.45, 2.75) is 87.7 Å². The van der Waals surface area contributed by atoms with Crippen molar-refractivity contribution in [3.05, 3.63) is 48.6 Å². The van der Waals surface area contributed by atoms with Crippen LogP contribution in [0.1, 0.15) is 34.1 Å². The van der Waals surface area contributed by atoms with Gasteiger partial charge in [-0.05, 0) is 27.7 Å². The molecule has 0 saturated carbocycles. The molecule has 0 heterocycles. The number of ether oxygens (including phenoxy) is 4. The summed E-state index contributed by atoms with van der Waals surface area (Å²) in [6, 6.07) is 0. The highest BCUT2D eigenvalue weighted by molar-refractivity contribution is 5.90. The van der Waals surface area contributed by atoms with E-state index in [0.717, 1.165) is 0 Å². The van der Waals surface area contributed by atoms with Crippen molar-refractivity contribution >= 4 is 23.9 Å². The van der Waals surface area contributed by atoms with Gasteiger partial charge in [0, 0.05) is 28.7 Å². The van der Waals surface area contributed by atoms with Gasteiger partial charge < -0.3 is 39.4 Å². The standard InChI is InChI=1S/C27H30F10O12/c1-11(2)16(40)46-20(22(30,31)25(34,35)26(36,37)24(32,33)21(28,29)9-15(39)10-38)23(44,47-17(41)12(3)4)27(45,48-18(42)13(5)6)49-19(43)14(7)8/h15,20,38-39,44-45H,1,3,5,7,9-10H2,2,4,6,8H3. The van der Waals surface area contributed by atoms with E-state index in [2.05, 4.69) is 45.3 Å². The highest BCUT2D eigenvalue weighted by Gasteiger charge is 2.90. The molecule has 0 bridgehead atoms. The Bertz CT molecular complexity index is 1350. The van der Waals surface area contributed by atoms with E-state index in [9.17, 15) is 55.7 Å². The maximum Gasteiger partial charge on any atom is 0.448 e. The molecule has 49 heavy (non-hydrogen) atoms. The summed E-state index contributed by atoms with van der Waals surface area (Å²) < 4.78 is 166. The maximum absolute atomic E-state index is 15.9. The summed E-state index contributed by atoms with van der Waals surface area (Å²) in [5, 5.41) is 40.0. The Morgan fingerprint density at radius 1 is 0.612 bits per heavy atom. The quantitative estimate of drug-likeness (QED) is 0.0531. The zero-order valence-electron chi connectivity index (χ0n) is 25.7. The number of alkyl halides is 10. The number of aliphatic hydroxyl groups is 4. The lowest BCUT2D eigenvalue weighted by Gasteiger charge is -2.47. The van der Waals surface area contributed by atoms with E-state index >= 15 is 17.6 Å². The molecule has 0 aromatic heterocycles. The average molecular weight is 737 g/mol. The molecule has 0 rings (SSSR count). The molecule has 0 spiro atoms. The number of hydrogen-bond donors (Lipinski definition) is 4. The van der Waals surface area contributed by atoms with Crippen LogP contribution < -0.4 is 0 Å². The largest absolute Gasteiger partial charge is 0.448 e. The fraction of sp³-hybridized carbons (Fsp3) is 0.556. The van der Waals surface area contributed by atoms with Crippen LogP contribution >= 0.6 is 0 Å². The van der Waals surface area contributed by atoms with Crippen molar-refractivity contribution in [2.24, 2.45) is 0 Å². The molecule has 0 aromatic rings. The number of carbonyl (C=O) groups is 4. The van der Waals surface area contributed by atoms with Crippen LogP contribution in [0.5, 0.6) is 0 Å². The Kier molecular flexibility index (Phi) is 13.6. The van der Waals surface area contributed by atoms with E-state index in [-0.39, 0.29) is 0 Å². The van der Waals surface area contributed by atoms with Crippen LogP contribution in [0, 0.1) is 0 Å². The summed E-state index contributed by atoms with van der Waals surface area (Å²) in [5.41, 5.74) is -4.20. The van der Waals surface area contributed by atoms with Crippen LogP contribution in [-0.4, -0.2) is 104 Å². The predicted octanol–water partition coefficient (Wildman–Crippen LogP) is 3.09. The van der Waals surface area contributed by atoms with E-state index in [4.69, 9.17) is 10.2 Å². The van der Waals surface area contributed by atoms with E-state index in [0.29, 0.717) is 27.7 Å². The molecule has 4 N–H and O–H groups in total. The third-order valence-corrected chi connectivity index (χ3v) is 5.84. The second-order valence-electron chi connectivity index (χ2n) is 10.4. The summed E-state index contributed by atoms with van der Waals surface area (Å²) in [6.45, 7) is 12.2. The zero-order chi connectivity index (χ0) is 39.5. The Labute approximate surface area is 269 Å². The van der Waals surface area contributed by atoms with E-state index < -0.39 is 113 Å². The second-order valence-corrected chi connectivity index (χ2v) is 10.4. The molecule has 0 saturated heterocycles. The summed E-state index contributed by atoms with van der Waals surface area (Å²) >= 11 is 0. The fourth-order valence-electron chi connectivity index (χ4n) is 3.00. The van der Waals surface area contributed by atoms with Crippen molar-refractivity contribution < 1.29 is 102 Å². The van der Waals surface area contributed by atoms with Crippen LogP contribution in [0.4, 0.5) is 43.9 Å². The van der Waals surface area contributed by atoms with Crippen LogP contribution in [-0.2, 0) is 38.1 Å². The summed E-state index contributed by atoms with van der Waals surface area (Å²) in [6.07, 6.45) is -11.3. The third-order valence-electron chi connectivity index (χ3n) is 5.84. The highest BCUT2D eigenvalue weighted by Crippen LogP contribution is 2.60. The van der Waals surface area contributed by atoms with Crippen LogP contribution in [0.15, 0.2) is 48.6 Å². The number of halogens is 10. The summed E-state index contributed by atoms with van der Waals surface area (Å²) in [5.74, 6) is -58.1. The Morgan fingerprint density at radius 2 is 0.959 bits per heavy atom. The van der Waals surface area contributed by atoms with E-state index in [1.807, 2.05) is 0 Å². The second kappa shape index (κ2) is 14.8. The SMILES string of the molecule is C=C(C)C(=O)OC(C(F)(F)C(F)(F)C(F)(F)C(F)(F)C(F)(F)CC(O)CO)C(O)(OC(=O)C(=C)C)C(O)(OC(=O)C(=C)C)OC(=O)C(=C)C. The molecule has 0 amide bonds. The molecule has 0 fully saturated rings. The van der Waals surface area contributed by atoms with Gasteiger partial charge in [0.25, 0.3) is 0 Å². The Balaban J connectivity index is 8.33. The minimum atomic E-state index is -8.07. The lowest BCUT2D eigenvalue weighted by Crippen LogP contribution is -2.77. The number of aliphatic hydroxyl groups excluding tert-OH is 2. The van der Waals surface area contributed by atoms with Crippen LogP contribution in [0.2, 0.25) is 0 Å². The monoisotopic (exact) mass is 736 g/mol. The number of hydrogen-bond acceptors (Lipinski definition) is 12. The predicted molar refractivity (Wildman–Crippen MR) is 140 cm³/mol. The minimum Gasteiger partial charge on any atom is -0.445 e. The lowest BCUT2D eigenvalue weighted by atomic mass is 9.86. The first-order valence-corrected chi connectivity index (χ1v) is 12.8. The van der Waals surface area contributed by atoms with Gasteiger partial charge in [0.2, 0.25) is 6.10 Å². The summed E-state index contributed by atoms with van der Waals surface area (Å²) in [4.78, 5) is 49.4. The van der Waals surface area contributed by atoms with Gasteiger partial charge >= 0.3 is 65.3 Å². The molecule has 0 aliphatic carbocycles. The maximum atomic E-state index is 15.9. The van der Waals surface area contributed by atoms with Gasteiger partial charge in [0.15, 0.2) is 0 Å². The van der Waals surface area contributed by atoms with Crippen molar-refractivity contribution in [2.75, 3.05) is 6.61 Å². The van der Waals surface area contributed by atoms with Crippen molar-refractivity contribution in [3.63, 3.8) is 0 Å². The normalized spacial score (nSPS) is 15.6. The molecular weight excluding hydrogens is 706 g/mol. The molecular formula is C27H30F10O12. The van der Waals surface area contributed by atoms with Gasteiger partial charge in [-0.3, -0.25) is 0 Å². The third kappa shape index (κ3) is 8.59. The van der Waals surface area contributed by atoms with Gasteiger partial charge in [-0.1, -0.05) is 26.3 Å². The van der Waals surface area contributed by atoms with Crippen molar-refractivity contribution in [1.82, 2.24) is 0 Å². The minimum absolute atomic E-state index is 0.513. The molecule has 12 nitrogen and oxygen atoms in total.